The molecule has 7 heteroatoms. The fourth-order valence-corrected chi connectivity index (χ4v) is 3.77. The number of carbonyl (C=O) groups is 1. The summed E-state index contributed by atoms with van der Waals surface area (Å²) < 4.78 is 14.8. The number of unbranched alkanes of at least 4 members (excludes halogenated alkanes) is 11. The topological polar surface area (TPSA) is 105 Å². The number of carbonyl (C=O) groups excluding carboxylic acids is 1. The molecule has 206 valence electrons. The Morgan fingerprint density at radius 2 is 1.54 bits per heavy atom. The molecule has 0 bridgehead atoms. The average Bonchev–Trinajstić information content (AvgIpc) is 3.19. The van der Waals surface area contributed by atoms with E-state index in [2.05, 4.69) is 30.4 Å². The number of aliphatic hydroxyl groups excluding tert-OH is 3. The molecule has 1 saturated heterocycles. The molecular weight excluding hydrogens is 448 g/mol. The number of rotatable bonds is 20. The third kappa shape index (κ3) is 19.5. The van der Waals surface area contributed by atoms with E-state index in [0.717, 1.165) is 32.3 Å². The number of allylic oxidation sites excluding steroid dienone is 2. The van der Waals surface area contributed by atoms with Crippen LogP contribution in [0.25, 0.3) is 0 Å². The van der Waals surface area contributed by atoms with Crippen molar-refractivity contribution in [3.05, 3.63) is 25.0 Å². The van der Waals surface area contributed by atoms with Gasteiger partial charge in [0.15, 0.2) is 0 Å². The molecular formula is C28H52O7. The van der Waals surface area contributed by atoms with Gasteiger partial charge in [-0.15, -0.1) is 0 Å². The SMILES string of the molecule is C=COCC.CCCCCCCC/C=C\CCCCCCCC(=O)OC[C@@H](O)[C@H]1OC[C@H](O)[C@H]1O. The fourth-order valence-electron chi connectivity index (χ4n) is 3.77. The molecule has 0 saturated carbocycles. The first-order chi connectivity index (χ1) is 17.0. The maximum absolute atomic E-state index is 11.7. The van der Waals surface area contributed by atoms with Crippen LogP contribution in [-0.4, -0.2) is 65.5 Å². The summed E-state index contributed by atoms with van der Waals surface area (Å²) in [4.78, 5) is 11.7. The molecule has 7 nitrogen and oxygen atoms in total. The van der Waals surface area contributed by atoms with Crippen molar-refractivity contribution >= 4 is 5.97 Å². The minimum absolute atomic E-state index is 0.0221. The minimum Gasteiger partial charge on any atom is -0.502 e. The van der Waals surface area contributed by atoms with Crippen LogP contribution in [0.4, 0.5) is 0 Å². The summed E-state index contributed by atoms with van der Waals surface area (Å²) in [6.45, 7) is 7.98. The maximum atomic E-state index is 11.7. The Morgan fingerprint density at radius 3 is 2.03 bits per heavy atom. The first-order valence-electron chi connectivity index (χ1n) is 13.7. The zero-order chi connectivity index (χ0) is 26.2. The van der Waals surface area contributed by atoms with Crippen LogP contribution in [0.1, 0.15) is 104 Å². The third-order valence-corrected chi connectivity index (χ3v) is 5.91. The number of hydrogen-bond donors (Lipinski definition) is 3. The zero-order valence-electron chi connectivity index (χ0n) is 22.2. The highest BCUT2D eigenvalue weighted by Crippen LogP contribution is 2.18. The second-order valence-corrected chi connectivity index (χ2v) is 9.06. The summed E-state index contributed by atoms with van der Waals surface area (Å²) in [6, 6.07) is 0. The lowest BCUT2D eigenvalue weighted by Gasteiger charge is -2.20. The van der Waals surface area contributed by atoms with Crippen LogP contribution >= 0.6 is 0 Å². The number of aliphatic hydroxyl groups is 3. The highest BCUT2D eigenvalue weighted by Gasteiger charge is 2.39. The van der Waals surface area contributed by atoms with Crippen molar-refractivity contribution in [2.24, 2.45) is 0 Å². The molecule has 3 N–H and O–H groups in total. The molecule has 0 aliphatic carbocycles. The number of hydrogen-bond acceptors (Lipinski definition) is 7. The predicted octanol–water partition coefficient (Wildman–Crippen LogP) is 5.22. The van der Waals surface area contributed by atoms with Gasteiger partial charge in [0.2, 0.25) is 0 Å². The van der Waals surface area contributed by atoms with Gasteiger partial charge in [-0.2, -0.15) is 0 Å². The van der Waals surface area contributed by atoms with Gasteiger partial charge in [-0.3, -0.25) is 4.79 Å². The summed E-state index contributed by atoms with van der Waals surface area (Å²) in [5.41, 5.74) is 0. The van der Waals surface area contributed by atoms with Crippen molar-refractivity contribution in [1.82, 2.24) is 0 Å². The standard InChI is InChI=1S/C24H44O6.C4H8O/c1-2-3-4-5-6-7-8-9-10-11-12-13-14-15-16-17-22(27)29-19-21(26)24-23(28)20(25)18-30-24;1-3-5-4-2/h9-10,20-21,23-26,28H,2-8,11-19H2,1H3;3H,1,4H2,2H3/b10-9-;/t20-,21+,23+,24+;/m0./s1. The van der Waals surface area contributed by atoms with E-state index >= 15 is 0 Å². The molecule has 0 aromatic rings. The summed E-state index contributed by atoms with van der Waals surface area (Å²) in [7, 11) is 0. The van der Waals surface area contributed by atoms with E-state index in [9.17, 15) is 20.1 Å². The van der Waals surface area contributed by atoms with Gasteiger partial charge in [-0.25, -0.2) is 0 Å². The molecule has 1 aliphatic rings. The molecule has 0 radical (unpaired) electrons. The summed E-state index contributed by atoms with van der Waals surface area (Å²) in [5, 5.41) is 29.0. The highest BCUT2D eigenvalue weighted by molar-refractivity contribution is 5.69. The Bertz CT molecular complexity index is 523. The van der Waals surface area contributed by atoms with E-state index in [-0.39, 0.29) is 19.2 Å². The van der Waals surface area contributed by atoms with Gasteiger partial charge in [-0.05, 0) is 39.0 Å². The highest BCUT2D eigenvalue weighted by atomic mass is 16.6. The molecule has 0 aromatic heterocycles. The molecule has 1 aliphatic heterocycles. The van der Waals surface area contributed by atoms with E-state index in [1.165, 1.54) is 64.0 Å². The van der Waals surface area contributed by atoms with Crippen molar-refractivity contribution in [3.8, 4) is 0 Å². The van der Waals surface area contributed by atoms with Crippen LogP contribution in [0.5, 0.6) is 0 Å². The van der Waals surface area contributed by atoms with Gasteiger partial charge < -0.3 is 29.5 Å². The minimum atomic E-state index is -1.15. The van der Waals surface area contributed by atoms with Crippen molar-refractivity contribution in [2.45, 2.75) is 128 Å². The van der Waals surface area contributed by atoms with Crippen molar-refractivity contribution in [3.63, 3.8) is 0 Å². The number of ether oxygens (including phenoxy) is 3. The van der Waals surface area contributed by atoms with Crippen LogP contribution in [0.2, 0.25) is 0 Å². The lowest BCUT2D eigenvalue weighted by molar-refractivity contribution is -0.151. The van der Waals surface area contributed by atoms with Crippen LogP contribution in [0.3, 0.4) is 0 Å². The molecule has 1 rings (SSSR count). The third-order valence-electron chi connectivity index (χ3n) is 5.91. The molecule has 1 fully saturated rings. The van der Waals surface area contributed by atoms with Crippen molar-refractivity contribution in [1.29, 1.82) is 0 Å². The monoisotopic (exact) mass is 500 g/mol. The van der Waals surface area contributed by atoms with Gasteiger partial charge in [-0.1, -0.05) is 77.0 Å². The Hall–Kier alpha value is -1.41. The van der Waals surface area contributed by atoms with Crippen LogP contribution in [0.15, 0.2) is 25.0 Å². The normalized spacial score (nSPS) is 20.3. The smallest absolute Gasteiger partial charge is 0.305 e. The Kier molecular flexibility index (Phi) is 23.3. The summed E-state index contributed by atoms with van der Waals surface area (Å²) in [5.74, 6) is -0.347. The average molecular weight is 501 g/mol. The van der Waals surface area contributed by atoms with E-state index < -0.39 is 24.4 Å². The van der Waals surface area contributed by atoms with Gasteiger partial charge in [0.25, 0.3) is 0 Å². The Morgan fingerprint density at radius 1 is 0.971 bits per heavy atom. The van der Waals surface area contributed by atoms with Gasteiger partial charge in [0.1, 0.15) is 31.0 Å². The Balaban J connectivity index is 0.00000209. The molecule has 0 spiro atoms. The van der Waals surface area contributed by atoms with E-state index in [1.54, 1.807) is 0 Å². The Labute approximate surface area is 213 Å². The van der Waals surface area contributed by atoms with Gasteiger partial charge in [0.05, 0.1) is 19.5 Å². The van der Waals surface area contributed by atoms with Crippen molar-refractivity contribution in [2.75, 3.05) is 19.8 Å². The molecule has 0 aromatic carbocycles. The maximum Gasteiger partial charge on any atom is 0.305 e. The second kappa shape index (κ2) is 24.3. The van der Waals surface area contributed by atoms with E-state index in [1.807, 2.05) is 6.92 Å². The van der Waals surface area contributed by atoms with Gasteiger partial charge in [0, 0.05) is 6.42 Å². The molecule has 0 amide bonds. The molecule has 1 heterocycles. The first kappa shape index (κ1) is 33.6. The van der Waals surface area contributed by atoms with E-state index in [4.69, 9.17) is 9.47 Å². The fraction of sp³-hybridized carbons (Fsp3) is 0.821. The summed E-state index contributed by atoms with van der Waals surface area (Å²) >= 11 is 0. The zero-order valence-corrected chi connectivity index (χ0v) is 22.2. The van der Waals surface area contributed by atoms with Crippen molar-refractivity contribution < 1.29 is 34.3 Å². The number of esters is 1. The molecule has 0 unspecified atom stereocenters. The summed E-state index contributed by atoms with van der Waals surface area (Å²) in [6.07, 6.45) is 17.9. The lowest BCUT2D eigenvalue weighted by atomic mass is 10.1. The van der Waals surface area contributed by atoms with Gasteiger partial charge >= 0.3 is 5.97 Å². The largest absolute Gasteiger partial charge is 0.502 e. The quantitative estimate of drug-likeness (QED) is 0.0911. The molecule has 4 atom stereocenters. The molecule has 35 heavy (non-hydrogen) atoms. The lowest BCUT2D eigenvalue weighted by Crippen LogP contribution is -2.41. The van der Waals surface area contributed by atoms with Crippen LogP contribution in [-0.2, 0) is 19.0 Å². The first-order valence-corrected chi connectivity index (χ1v) is 13.7. The van der Waals surface area contributed by atoms with Crippen LogP contribution < -0.4 is 0 Å². The second-order valence-electron chi connectivity index (χ2n) is 9.06. The van der Waals surface area contributed by atoms with Crippen LogP contribution in [0, 0.1) is 0 Å². The van der Waals surface area contributed by atoms with E-state index in [0.29, 0.717) is 6.42 Å². The predicted molar refractivity (Wildman–Crippen MR) is 140 cm³/mol.